The maximum Gasteiger partial charge on any atom is 0 e. The summed E-state index contributed by atoms with van der Waals surface area (Å²) in [5.74, 6) is 0. The Balaban J connectivity index is -0.00000000356. The molecule has 0 amide bonds. The molecule has 0 saturated heterocycles. The van der Waals surface area contributed by atoms with Gasteiger partial charge in [0, 0.05) is 101 Å². The minimum absolute atomic E-state index is 0. The Morgan fingerprint density at radius 3 is 0.105 bits per heavy atom. The third kappa shape index (κ3) is 31900. The third-order valence-electron chi connectivity index (χ3n) is 0. The maximum absolute atomic E-state index is 7.50. The first-order chi connectivity index (χ1) is 16.0. The molecule has 0 N–H and O–H groups in total. The molecular formula is C16Co6O16. The molecule has 6 radical (unpaired) electrons. The van der Waals surface area contributed by atoms with Gasteiger partial charge in [-0.3, -0.25) is 0 Å². The molecule has 0 aliphatic rings. The first-order valence-corrected chi connectivity index (χ1v) is 3.27. The van der Waals surface area contributed by atoms with Crippen molar-refractivity contribution in [1.82, 2.24) is 0 Å². The first kappa shape index (κ1) is 214. The van der Waals surface area contributed by atoms with Crippen LogP contribution in [0.5, 0.6) is 0 Å². The van der Waals surface area contributed by atoms with Gasteiger partial charge >= 0.3 is 181 Å². The zero-order valence-electron chi connectivity index (χ0n) is 16.5. The molecule has 0 saturated carbocycles. The van der Waals surface area contributed by atoms with Crippen LogP contribution in [0.3, 0.4) is 0 Å². The molecule has 0 bridgehead atoms. The second-order valence-electron chi connectivity index (χ2n) is 0. The summed E-state index contributed by atoms with van der Waals surface area (Å²) in [5, 5.41) is 0. The summed E-state index contributed by atoms with van der Waals surface area (Å²) in [4.78, 5) is 0. The molecule has 0 aromatic rings. The fraction of sp³-hybridized carbons (Fsp3) is 0. The third-order valence-corrected chi connectivity index (χ3v) is 0. The van der Waals surface area contributed by atoms with Gasteiger partial charge in [0.1, 0.15) is 0 Å². The number of rotatable bonds is 0. The van der Waals surface area contributed by atoms with E-state index in [4.69, 9.17) is 74.4 Å². The monoisotopic (exact) mass is 802 g/mol. The second kappa shape index (κ2) is 34700. The van der Waals surface area contributed by atoms with Crippen molar-refractivity contribution in [1.29, 1.82) is 0 Å². The van der Waals surface area contributed by atoms with Gasteiger partial charge in [0.05, 0.1) is 0 Å². The van der Waals surface area contributed by atoms with Crippen LogP contribution in [0, 0.1) is 106 Å². The smallest absolute Gasteiger partial charge is 0 e. The summed E-state index contributed by atoms with van der Waals surface area (Å²) >= 11 is 0. The van der Waals surface area contributed by atoms with E-state index < -0.39 is 0 Å². The minimum Gasteiger partial charge on any atom is 0 e. The summed E-state index contributed by atoms with van der Waals surface area (Å²) in [6.45, 7) is 72.0. The van der Waals surface area contributed by atoms with Crippen LogP contribution in [0.2, 0.25) is 0 Å². The molecular weight excluding hydrogens is 802 g/mol. The van der Waals surface area contributed by atoms with Crippen molar-refractivity contribution in [3.63, 3.8) is 0 Å². The second-order valence-corrected chi connectivity index (χ2v) is 0. The average molecular weight is 802 g/mol. The fourth-order valence-corrected chi connectivity index (χ4v) is 0. The van der Waals surface area contributed by atoms with Gasteiger partial charge in [-0.1, -0.05) is 0 Å². The molecule has 0 aromatic heterocycles. The van der Waals surface area contributed by atoms with Crippen LogP contribution in [0.4, 0.5) is 0 Å². The Bertz CT molecular complexity index is 324. The number of hydrogen-bond acceptors (Lipinski definition) is 0. The van der Waals surface area contributed by atoms with E-state index in [-0.39, 0.29) is 101 Å². The van der Waals surface area contributed by atoms with Crippen molar-refractivity contribution in [2.75, 3.05) is 0 Å². The summed E-state index contributed by atoms with van der Waals surface area (Å²) in [6.07, 6.45) is 0. The Morgan fingerprint density at radius 2 is 0.105 bits per heavy atom. The Morgan fingerprint density at radius 1 is 0.105 bits per heavy atom. The average Bonchev–Trinajstić information content (AvgIpc) is 3.05. The first-order valence-electron chi connectivity index (χ1n) is 3.27. The summed E-state index contributed by atoms with van der Waals surface area (Å²) in [5.41, 5.74) is 0. The van der Waals surface area contributed by atoms with Gasteiger partial charge in [0.15, 0.2) is 0 Å². The molecule has 0 aliphatic carbocycles. The van der Waals surface area contributed by atoms with Crippen molar-refractivity contribution < 1.29 is 175 Å². The molecule has 0 spiro atoms. The van der Waals surface area contributed by atoms with Gasteiger partial charge in [-0.25, -0.2) is 0 Å². The Kier molecular flexibility index (Phi) is 196000. The van der Waals surface area contributed by atoms with Crippen LogP contribution in [-0.2, 0) is 175 Å². The van der Waals surface area contributed by atoms with Crippen molar-refractivity contribution in [2.45, 2.75) is 0 Å². The fourth-order valence-electron chi connectivity index (χ4n) is 0. The standard InChI is InChI=1S/16CO.6Co/c16*1-2;;;;;;. The normalized spacial score (nSPS) is 0.842. The van der Waals surface area contributed by atoms with E-state index in [1.54, 1.807) is 0 Å². The molecule has 0 aliphatic heterocycles. The van der Waals surface area contributed by atoms with Crippen LogP contribution in [0.15, 0.2) is 0 Å². The van der Waals surface area contributed by atoms with Crippen molar-refractivity contribution in [3.05, 3.63) is 106 Å². The van der Waals surface area contributed by atoms with E-state index in [0.717, 1.165) is 0 Å². The molecule has 0 aromatic carbocycles. The Labute approximate surface area is 279 Å². The van der Waals surface area contributed by atoms with E-state index >= 15 is 0 Å². The maximum atomic E-state index is 7.50. The molecule has 22 heteroatoms. The molecule has 0 atom stereocenters. The molecule has 16 nitrogen and oxygen atoms in total. The summed E-state index contributed by atoms with van der Waals surface area (Å²) in [6, 6.07) is 0. The van der Waals surface area contributed by atoms with Gasteiger partial charge in [-0.05, 0) is 0 Å². The summed E-state index contributed by atoms with van der Waals surface area (Å²) < 4.78 is 120. The SMILES string of the molecule is [C-]#[O+].[C-]#[O+].[C-]#[O+].[C-]#[O+].[C-]#[O+].[C-]#[O+].[C-]#[O+].[C-]#[O+].[C-]#[O+].[C-]#[O+].[C-]#[O+].[C-]#[O+].[C-]#[O+].[C-]#[O+].[C-]#[O+].[C-]#[O+].[Co].[Co].[Co].[Co].[Co].[Co]. The van der Waals surface area contributed by atoms with E-state index in [1.807, 2.05) is 0 Å². The predicted octanol–water partition coefficient (Wildman–Crippen LogP) is -0.615. The van der Waals surface area contributed by atoms with Crippen LogP contribution in [0.25, 0.3) is 0 Å². The van der Waals surface area contributed by atoms with Crippen LogP contribution >= 0.6 is 0 Å². The van der Waals surface area contributed by atoms with Crippen LogP contribution in [0.1, 0.15) is 0 Å². The van der Waals surface area contributed by atoms with Crippen LogP contribution < -0.4 is 0 Å². The zero-order chi connectivity index (χ0) is 32.0. The van der Waals surface area contributed by atoms with E-state index in [2.05, 4.69) is 106 Å². The van der Waals surface area contributed by atoms with Crippen molar-refractivity contribution in [3.8, 4) is 0 Å². The van der Waals surface area contributed by atoms with Gasteiger partial charge in [0.2, 0.25) is 0 Å². The number of hydrogen-bond donors (Lipinski definition) is 0. The molecule has 214 valence electrons. The van der Waals surface area contributed by atoms with Gasteiger partial charge in [-0.2, -0.15) is 0 Å². The minimum atomic E-state index is 0. The molecule has 0 heterocycles. The zero-order valence-corrected chi connectivity index (χ0v) is 22.8. The summed E-state index contributed by atoms with van der Waals surface area (Å²) in [7, 11) is 0. The topological polar surface area (TPSA) is 318 Å². The van der Waals surface area contributed by atoms with Crippen LogP contribution in [-0.4, -0.2) is 0 Å². The quantitative estimate of drug-likeness (QED) is 0.219. The van der Waals surface area contributed by atoms with E-state index in [1.165, 1.54) is 0 Å². The molecule has 0 rings (SSSR count). The predicted molar refractivity (Wildman–Crippen MR) is 62.9 cm³/mol. The molecule has 0 unspecified atom stereocenters. The largest absolute Gasteiger partial charge is 0 e. The van der Waals surface area contributed by atoms with Crippen molar-refractivity contribution >= 4 is 0 Å². The van der Waals surface area contributed by atoms with Gasteiger partial charge in [-0.15, -0.1) is 0 Å². The molecule has 0 fully saturated rings. The van der Waals surface area contributed by atoms with Gasteiger partial charge < -0.3 is 0 Å². The van der Waals surface area contributed by atoms with Gasteiger partial charge in [0.25, 0.3) is 0 Å². The van der Waals surface area contributed by atoms with Crippen molar-refractivity contribution in [2.24, 2.45) is 0 Å². The van der Waals surface area contributed by atoms with E-state index in [0.29, 0.717) is 0 Å². The Hall–Kier alpha value is -1.12. The molecule has 38 heavy (non-hydrogen) atoms. The van der Waals surface area contributed by atoms with E-state index in [9.17, 15) is 0 Å².